The van der Waals surface area contributed by atoms with Crippen LogP contribution >= 0.6 is 32.1 Å². The fourth-order valence-electron chi connectivity index (χ4n) is 3.53. The van der Waals surface area contributed by atoms with Gasteiger partial charge in [-0.15, -0.1) is 24.8 Å². The van der Waals surface area contributed by atoms with Crippen molar-refractivity contribution in [1.29, 1.82) is 0 Å². The van der Waals surface area contributed by atoms with E-state index in [-0.39, 0.29) is 24.8 Å². The van der Waals surface area contributed by atoms with E-state index in [9.17, 15) is 0 Å². The molecule has 0 bridgehead atoms. The van der Waals surface area contributed by atoms with Gasteiger partial charge in [0.2, 0.25) is 0 Å². The summed E-state index contributed by atoms with van der Waals surface area (Å²) in [5, 5.41) is 4.21. The highest BCUT2D eigenvalue weighted by Gasteiger charge is 2.45. The van der Waals surface area contributed by atoms with Crippen LogP contribution in [0.2, 0.25) is 0 Å². The third-order valence-electron chi connectivity index (χ3n) is 4.73. The highest BCUT2D eigenvalue weighted by Crippen LogP contribution is 2.57. The lowest BCUT2D eigenvalue weighted by atomic mass is 10.3. The van der Waals surface area contributed by atoms with E-state index in [2.05, 4.69) is 102 Å². The molecule has 0 aliphatic rings. The smallest absolute Gasteiger partial charge is 0.116 e. The molecule has 1 heterocycles. The average Bonchev–Trinajstić information content (AvgIpc) is 2.75. The minimum Gasteiger partial charge on any atom is -0.264 e. The van der Waals surface area contributed by atoms with Crippen LogP contribution in [0.3, 0.4) is 0 Å². The van der Waals surface area contributed by atoms with Gasteiger partial charge in [-0.3, -0.25) is 4.98 Å². The van der Waals surface area contributed by atoms with Gasteiger partial charge in [0.15, 0.2) is 0 Å². The maximum atomic E-state index is 4.37. The largest absolute Gasteiger partial charge is 0.264 e. The van der Waals surface area contributed by atoms with Crippen LogP contribution in [0.5, 0.6) is 0 Å². The summed E-state index contributed by atoms with van der Waals surface area (Å²) in [6, 6.07) is 37.1. The summed E-state index contributed by atoms with van der Waals surface area (Å²) in [6.07, 6.45) is 4.82. The molecule has 4 aromatic rings. The standard InChI is InChI=1S/C24H21NP.2ClH/c1-4-12-22(13-5-1)26(23-14-6-2-7-15-23,24-16-8-3-9-17-24)20-21-11-10-18-25-19-21;;/h1-19H,20H2;2*1H/q+1;;. The molecular weight excluding hydrogens is 404 g/mol. The summed E-state index contributed by atoms with van der Waals surface area (Å²) < 4.78 is 0. The summed E-state index contributed by atoms with van der Waals surface area (Å²) in [7, 11) is -1.82. The van der Waals surface area contributed by atoms with Crippen molar-refractivity contribution in [3.63, 3.8) is 0 Å². The van der Waals surface area contributed by atoms with Gasteiger partial charge in [0.05, 0.1) is 6.16 Å². The topological polar surface area (TPSA) is 12.9 Å². The fraction of sp³-hybridized carbons (Fsp3) is 0.0417. The molecule has 28 heavy (non-hydrogen) atoms. The minimum absolute atomic E-state index is 0. The van der Waals surface area contributed by atoms with Gasteiger partial charge in [-0.05, 0) is 42.5 Å². The van der Waals surface area contributed by atoms with E-state index < -0.39 is 7.26 Å². The highest BCUT2D eigenvalue weighted by atomic mass is 35.5. The monoisotopic (exact) mass is 426 g/mol. The predicted octanol–water partition coefficient (Wildman–Crippen LogP) is 5.42. The molecule has 0 aliphatic carbocycles. The van der Waals surface area contributed by atoms with Crippen LogP contribution in [-0.4, -0.2) is 4.98 Å². The van der Waals surface area contributed by atoms with Gasteiger partial charge < -0.3 is 0 Å². The Bertz CT molecular complexity index is 852. The zero-order valence-corrected chi connectivity index (χ0v) is 17.9. The van der Waals surface area contributed by atoms with Crippen molar-refractivity contribution in [2.24, 2.45) is 0 Å². The summed E-state index contributed by atoms with van der Waals surface area (Å²) >= 11 is 0. The molecule has 0 fully saturated rings. The van der Waals surface area contributed by atoms with Crippen molar-refractivity contribution in [3.05, 3.63) is 121 Å². The van der Waals surface area contributed by atoms with E-state index in [0.29, 0.717) is 0 Å². The van der Waals surface area contributed by atoms with Crippen molar-refractivity contribution in [1.82, 2.24) is 4.98 Å². The van der Waals surface area contributed by atoms with Gasteiger partial charge in [-0.1, -0.05) is 60.7 Å². The van der Waals surface area contributed by atoms with Gasteiger partial charge >= 0.3 is 0 Å². The molecule has 4 heteroatoms. The molecule has 0 unspecified atom stereocenters. The molecule has 3 aromatic carbocycles. The number of nitrogens with zero attached hydrogens (tertiary/aromatic N) is 1. The van der Waals surface area contributed by atoms with Crippen LogP contribution in [0, 0.1) is 0 Å². The van der Waals surface area contributed by atoms with Crippen molar-refractivity contribution < 1.29 is 0 Å². The minimum atomic E-state index is -1.82. The lowest BCUT2D eigenvalue weighted by molar-refractivity contribution is 1.24. The van der Waals surface area contributed by atoms with Crippen molar-refractivity contribution in [2.75, 3.05) is 0 Å². The first-order valence-electron chi connectivity index (χ1n) is 8.83. The second-order valence-corrected chi connectivity index (χ2v) is 9.82. The summed E-state index contributed by atoms with van der Waals surface area (Å²) in [5.41, 5.74) is 1.28. The molecule has 4 rings (SSSR count). The molecule has 0 N–H and O–H groups in total. The molecule has 0 amide bonds. The number of rotatable bonds is 5. The van der Waals surface area contributed by atoms with E-state index in [1.165, 1.54) is 21.5 Å². The Balaban J connectivity index is 0.00000140. The lowest BCUT2D eigenvalue weighted by Crippen LogP contribution is -2.32. The van der Waals surface area contributed by atoms with Crippen molar-refractivity contribution in [2.45, 2.75) is 6.16 Å². The Morgan fingerprint density at radius 3 is 1.32 bits per heavy atom. The number of hydrogen-bond acceptors (Lipinski definition) is 1. The zero-order chi connectivity index (χ0) is 17.7. The van der Waals surface area contributed by atoms with E-state index >= 15 is 0 Å². The SMILES string of the molecule is Cl.Cl.c1ccc([P+](Cc2cccnc2)(c2ccccc2)c2ccccc2)cc1. The molecule has 0 spiro atoms. The third-order valence-corrected chi connectivity index (χ3v) is 9.11. The van der Waals surface area contributed by atoms with E-state index in [1.807, 2.05) is 18.5 Å². The molecule has 142 valence electrons. The van der Waals surface area contributed by atoms with Gasteiger partial charge in [-0.25, -0.2) is 0 Å². The Hall–Kier alpha value is -2.18. The van der Waals surface area contributed by atoms with E-state index in [0.717, 1.165) is 6.16 Å². The van der Waals surface area contributed by atoms with Crippen molar-refractivity contribution >= 4 is 48.0 Å². The first-order valence-corrected chi connectivity index (χ1v) is 10.8. The van der Waals surface area contributed by atoms with E-state index in [1.54, 1.807) is 0 Å². The number of aromatic nitrogens is 1. The first kappa shape index (κ1) is 22.1. The number of benzene rings is 3. The zero-order valence-electron chi connectivity index (χ0n) is 15.4. The summed E-state index contributed by atoms with van der Waals surface area (Å²) in [5.74, 6) is 0. The Kier molecular flexibility index (Phi) is 8.20. The Labute approximate surface area is 180 Å². The first-order chi connectivity index (χ1) is 12.9. The van der Waals surface area contributed by atoms with Gasteiger partial charge in [0, 0.05) is 18.0 Å². The molecular formula is C24H23Cl2NP+. The summed E-state index contributed by atoms with van der Waals surface area (Å²) in [4.78, 5) is 4.37. The van der Waals surface area contributed by atoms with Crippen LogP contribution in [0.25, 0.3) is 0 Å². The van der Waals surface area contributed by atoms with Gasteiger partial charge in [0.1, 0.15) is 23.2 Å². The third kappa shape index (κ3) is 4.45. The van der Waals surface area contributed by atoms with Crippen LogP contribution in [0.15, 0.2) is 116 Å². The molecule has 0 saturated heterocycles. The normalized spacial score (nSPS) is 10.4. The molecule has 0 aliphatic heterocycles. The predicted molar refractivity (Wildman–Crippen MR) is 128 cm³/mol. The molecule has 1 nitrogen and oxygen atoms in total. The van der Waals surface area contributed by atoms with Crippen LogP contribution < -0.4 is 15.9 Å². The Morgan fingerprint density at radius 1 is 0.536 bits per heavy atom. The van der Waals surface area contributed by atoms with Gasteiger partial charge in [-0.2, -0.15) is 0 Å². The Morgan fingerprint density at radius 2 is 0.964 bits per heavy atom. The maximum absolute atomic E-state index is 4.37. The molecule has 0 saturated carbocycles. The van der Waals surface area contributed by atoms with Crippen LogP contribution in [0.4, 0.5) is 0 Å². The van der Waals surface area contributed by atoms with Crippen LogP contribution in [-0.2, 0) is 6.16 Å². The number of pyridine rings is 1. The number of hydrogen-bond donors (Lipinski definition) is 0. The fourth-order valence-corrected chi connectivity index (χ4v) is 7.75. The second kappa shape index (κ2) is 10.4. The van der Waals surface area contributed by atoms with Crippen LogP contribution in [0.1, 0.15) is 5.56 Å². The molecule has 0 radical (unpaired) electrons. The highest BCUT2D eigenvalue weighted by molar-refractivity contribution is 7.95. The van der Waals surface area contributed by atoms with E-state index in [4.69, 9.17) is 0 Å². The van der Waals surface area contributed by atoms with Crippen molar-refractivity contribution in [3.8, 4) is 0 Å². The molecule has 0 atom stereocenters. The quantitative estimate of drug-likeness (QED) is 0.388. The van der Waals surface area contributed by atoms with Gasteiger partial charge in [0.25, 0.3) is 0 Å². The lowest BCUT2D eigenvalue weighted by Gasteiger charge is -2.27. The molecule has 1 aromatic heterocycles. The number of halogens is 2. The average molecular weight is 427 g/mol. The maximum Gasteiger partial charge on any atom is 0.116 e. The summed E-state index contributed by atoms with van der Waals surface area (Å²) in [6.45, 7) is 0. The second-order valence-electron chi connectivity index (χ2n) is 6.34.